The van der Waals surface area contributed by atoms with Crippen LogP contribution in [0, 0.1) is 5.82 Å². The standard InChI is InChI=1S/C18H29FN4/c1-20-18(22-17-6-4-3-5-7-17)21-12-13-23(2)14-15-8-10-16(19)11-9-15/h8-11,17H,3-7,12-14H2,1-2H3,(H2,20,21,22). The molecule has 0 aromatic heterocycles. The van der Waals surface area contributed by atoms with Gasteiger partial charge in [-0.15, -0.1) is 0 Å². The van der Waals surface area contributed by atoms with E-state index in [0.29, 0.717) is 6.04 Å². The molecule has 5 heteroatoms. The maximum atomic E-state index is 12.9. The van der Waals surface area contributed by atoms with Crippen molar-refractivity contribution < 1.29 is 4.39 Å². The van der Waals surface area contributed by atoms with Crippen molar-refractivity contribution in [3.63, 3.8) is 0 Å². The van der Waals surface area contributed by atoms with Crippen molar-refractivity contribution in [1.29, 1.82) is 0 Å². The summed E-state index contributed by atoms with van der Waals surface area (Å²) < 4.78 is 12.9. The Morgan fingerprint density at radius 2 is 1.91 bits per heavy atom. The highest BCUT2D eigenvalue weighted by Crippen LogP contribution is 2.17. The quantitative estimate of drug-likeness (QED) is 0.625. The van der Waals surface area contributed by atoms with Crippen molar-refractivity contribution in [3.05, 3.63) is 35.6 Å². The molecule has 2 rings (SSSR count). The number of nitrogens with one attached hydrogen (secondary N) is 2. The van der Waals surface area contributed by atoms with Gasteiger partial charge in [0, 0.05) is 32.7 Å². The fourth-order valence-corrected chi connectivity index (χ4v) is 2.98. The summed E-state index contributed by atoms with van der Waals surface area (Å²) in [6, 6.07) is 7.26. The topological polar surface area (TPSA) is 39.7 Å². The first-order chi connectivity index (χ1) is 11.2. The maximum absolute atomic E-state index is 12.9. The van der Waals surface area contributed by atoms with Crippen LogP contribution in [0.5, 0.6) is 0 Å². The van der Waals surface area contributed by atoms with Crippen LogP contribution in [0.1, 0.15) is 37.7 Å². The monoisotopic (exact) mass is 320 g/mol. The second-order valence-electron chi connectivity index (χ2n) is 6.34. The molecule has 0 bridgehead atoms. The fourth-order valence-electron chi connectivity index (χ4n) is 2.98. The zero-order valence-electron chi connectivity index (χ0n) is 14.3. The highest BCUT2D eigenvalue weighted by molar-refractivity contribution is 5.79. The lowest BCUT2D eigenvalue weighted by Crippen LogP contribution is -2.45. The van der Waals surface area contributed by atoms with Crippen LogP contribution in [0.15, 0.2) is 29.3 Å². The lowest BCUT2D eigenvalue weighted by Gasteiger charge is -2.25. The highest BCUT2D eigenvalue weighted by Gasteiger charge is 2.14. The summed E-state index contributed by atoms with van der Waals surface area (Å²) in [5.74, 6) is 0.711. The third-order valence-corrected chi connectivity index (χ3v) is 4.32. The largest absolute Gasteiger partial charge is 0.355 e. The number of rotatable bonds is 6. The van der Waals surface area contributed by atoms with Crippen LogP contribution in [0.2, 0.25) is 0 Å². The molecule has 1 aliphatic rings. The fraction of sp³-hybridized carbons (Fsp3) is 0.611. The van der Waals surface area contributed by atoms with Crippen molar-refractivity contribution in [2.45, 2.75) is 44.7 Å². The van der Waals surface area contributed by atoms with Crippen molar-refractivity contribution in [1.82, 2.24) is 15.5 Å². The second kappa shape index (κ2) is 9.50. The Labute approximate surface area is 139 Å². The van der Waals surface area contributed by atoms with E-state index in [2.05, 4.69) is 27.6 Å². The lowest BCUT2D eigenvalue weighted by molar-refractivity contribution is 0.330. The molecule has 1 aliphatic carbocycles. The first-order valence-corrected chi connectivity index (χ1v) is 8.57. The number of halogens is 1. The summed E-state index contributed by atoms with van der Waals surface area (Å²) >= 11 is 0. The zero-order chi connectivity index (χ0) is 16.5. The van der Waals surface area contributed by atoms with E-state index in [1.54, 1.807) is 0 Å². The van der Waals surface area contributed by atoms with E-state index >= 15 is 0 Å². The van der Waals surface area contributed by atoms with E-state index < -0.39 is 0 Å². The molecule has 1 saturated carbocycles. The van der Waals surface area contributed by atoms with Gasteiger partial charge in [-0.25, -0.2) is 4.39 Å². The Bertz CT molecular complexity index is 480. The summed E-state index contributed by atoms with van der Waals surface area (Å²) in [7, 11) is 3.89. The van der Waals surface area contributed by atoms with Crippen molar-refractivity contribution >= 4 is 5.96 Å². The molecule has 0 aliphatic heterocycles. The van der Waals surface area contributed by atoms with Crippen LogP contribution in [0.25, 0.3) is 0 Å². The highest BCUT2D eigenvalue weighted by atomic mass is 19.1. The van der Waals surface area contributed by atoms with Gasteiger partial charge in [-0.3, -0.25) is 4.99 Å². The van der Waals surface area contributed by atoms with Crippen LogP contribution in [0.4, 0.5) is 4.39 Å². The van der Waals surface area contributed by atoms with Crippen LogP contribution >= 0.6 is 0 Å². The van der Waals surface area contributed by atoms with E-state index in [9.17, 15) is 4.39 Å². The van der Waals surface area contributed by atoms with Crippen molar-refractivity contribution in [2.24, 2.45) is 4.99 Å². The van der Waals surface area contributed by atoms with E-state index in [1.807, 2.05) is 19.2 Å². The van der Waals surface area contributed by atoms with E-state index in [1.165, 1.54) is 44.2 Å². The normalized spacial score (nSPS) is 16.6. The molecule has 0 spiro atoms. The summed E-state index contributed by atoms with van der Waals surface area (Å²) in [4.78, 5) is 6.52. The molecule has 1 fully saturated rings. The molecule has 0 unspecified atom stereocenters. The molecule has 0 saturated heterocycles. The summed E-state index contributed by atoms with van der Waals surface area (Å²) in [5.41, 5.74) is 1.12. The van der Waals surface area contributed by atoms with Gasteiger partial charge in [0.25, 0.3) is 0 Å². The Morgan fingerprint density at radius 1 is 1.22 bits per heavy atom. The molecule has 0 amide bonds. The molecule has 23 heavy (non-hydrogen) atoms. The SMILES string of the molecule is CN=C(NCCN(C)Cc1ccc(F)cc1)NC1CCCCC1. The minimum atomic E-state index is -0.185. The molecular formula is C18H29FN4. The van der Waals surface area contributed by atoms with Gasteiger partial charge < -0.3 is 15.5 Å². The van der Waals surface area contributed by atoms with Gasteiger partial charge in [-0.05, 0) is 37.6 Å². The van der Waals surface area contributed by atoms with Gasteiger partial charge in [-0.2, -0.15) is 0 Å². The van der Waals surface area contributed by atoms with Gasteiger partial charge in [0.05, 0.1) is 0 Å². The lowest BCUT2D eigenvalue weighted by atomic mass is 9.96. The minimum absolute atomic E-state index is 0.185. The Balaban J connectivity index is 1.66. The smallest absolute Gasteiger partial charge is 0.191 e. The third kappa shape index (κ3) is 6.57. The second-order valence-corrected chi connectivity index (χ2v) is 6.34. The Kier molecular flexibility index (Phi) is 7.33. The van der Waals surface area contributed by atoms with Gasteiger partial charge in [0.1, 0.15) is 5.82 Å². The molecule has 2 N–H and O–H groups in total. The number of nitrogens with zero attached hydrogens (tertiary/aromatic N) is 2. The predicted molar refractivity (Wildman–Crippen MR) is 94.1 cm³/mol. The van der Waals surface area contributed by atoms with E-state index in [4.69, 9.17) is 0 Å². The Morgan fingerprint density at radius 3 is 2.57 bits per heavy atom. The number of hydrogen-bond donors (Lipinski definition) is 2. The average Bonchev–Trinajstić information content (AvgIpc) is 2.57. The van der Waals surface area contributed by atoms with Gasteiger partial charge in [-0.1, -0.05) is 31.4 Å². The number of guanidine groups is 1. The number of benzene rings is 1. The minimum Gasteiger partial charge on any atom is -0.355 e. The zero-order valence-corrected chi connectivity index (χ0v) is 14.3. The third-order valence-electron chi connectivity index (χ3n) is 4.32. The van der Waals surface area contributed by atoms with Crippen LogP contribution in [-0.4, -0.2) is 44.1 Å². The van der Waals surface area contributed by atoms with Crippen LogP contribution in [0.3, 0.4) is 0 Å². The van der Waals surface area contributed by atoms with Crippen LogP contribution < -0.4 is 10.6 Å². The molecule has 1 aromatic rings. The first kappa shape index (κ1) is 17.7. The van der Waals surface area contributed by atoms with Crippen molar-refractivity contribution in [2.75, 3.05) is 27.2 Å². The van der Waals surface area contributed by atoms with Crippen LogP contribution in [-0.2, 0) is 6.54 Å². The predicted octanol–water partition coefficient (Wildman–Crippen LogP) is 2.76. The average molecular weight is 320 g/mol. The summed E-state index contributed by atoms with van der Waals surface area (Å²) in [5, 5.41) is 6.89. The van der Waals surface area contributed by atoms with Gasteiger partial charge in [0.15, 0.2) is 5.96 Å². The number of aliphatic imine (C=N–C) groups is 1. The van der Waals surface area contributed by atoms with E-state index in [0.717, 1.165) is 31.2 Å². The van der Waals surface area contributed by atoms with Gasteiger partial charge in [0.2, 0.25) is 0 Å². The molecule has 0 heterocycles. The summed E-state index contributed by atoms with van der Waals surface area (Å²) in [6.45, 7) is 2.56. The number of hydrogen-bond acceptors (Lipinski definition) is 2. The molecule has 0 atom stereocenters. The molecule has 1 aromatic carbocycles. The molecular weight excluding hydrogens is 291 g/mol. The molecule has 128 valence electrons. The maximum Gasteiger partial charge on any atom is 0.191 e. The van der Waals surface area contributed by atoms with Crippen molar-refractivity contribution in [3.8, 4) is 0 Å². The Hall–Kier alpha value is -1.62. The molecule has 4 nitrogen and oxygen atoms in total. The summed E-state index contributed by atoms with van der Waals surface area (Å²) in [6.07, 6.45) is 6.47. The first-order valence-electron chi connectivity index (χ1n) is 8.57. The molecule has 0 radical (unpaired) electrons. The van der Waals surface area contributed by atoms with Gasteiger partial charge >= 0.3 is 0 Å². The number of likely N-dealkylation sites (N-methyl/N-ethyl adjacent to an activating group) is 1. The van der Waals surface area contributed by atoms with E-state index in [-0.39, 0.29) is 5.82 Å².